The minimum absolute atomic E-state index is 0.0337. The lowest BCUT2D eigenvalue weighted by atomic mass is 10.2. The highest BCUT2D eigenvalue weighted by atomic mass is 32.2. The third-order valence-corrected chi connectivity index (χ3v) is 4.94. The molecule has 2 aromatic carbocycles. The van der Waals surface area contributed by atoms with Gasteiger partial charge in [0.05, 0.1) is 36.6 Å². The van der Waals surface area contributed by atoms with Gasteiger partial charge < -0.3 is 4.74 Å². The van der Waals surface area contributed by atoms with Crippen LogP contribution in [0, 0.1) is 5.82 Å². The van der Waals surface area contributed by atoms with Gasteiger partial charge in [0, 0.05) is 41.8 Å². The summed E-state index contributed by atoms with van der Waals surface area (Å²) in [5.74, 6) is -0.495. The standard InChI is InChI=1S/C23H17FN6O2.C2H6OS/c1-32-21-15-29(19-9-8-17(14-18(19)24)28-13-5-11-25-28)27-22(23(21)31)20-10-12-26-30(20)16-6-3-2-4-7-16;1-4(2)3/h2-15H,1H3;1-2H3. The molecule has 0 unspecified atom stereocenters. The first kappa shape index (κ1) is 24.7. The Hall–Kier alpha value is -4.38. The molecule has 0 saturated carbocycles. The van der Waals surface area contributed by atoms with E-state index in [1.807, 2.05) is 30.3 Å². The van der Waals surface area contributed by atoms with Gasteiger partial charge in [0.15, 0.2) is 17.3 Å². The number of benzene rings is 2. The first-order valence-electron chi connectivity index (χ1n) is 10.7. The Labute approximate surface area is 208 Å². The Morgan fingerprint density at radius 1 is 0.917 bits per heavy atom. The molecule has 0 N–H and O–H groups in total. The molecule has 0 spiro atoms. The Kier molecular flexibility index (Phi) is 7.50. The zero-order chi connectivity index (χ0) is 25.7. The molecule has 0 bridgehead atoms. The lowest BCUT2D eigenvalue weighted by molar-refractivity contribution is 0.405. The van der Waals surface area contributed by atoms with Gasteiger partial charge in [-0.3, -0.25) is 9.00 Å². The molecule has 5 rings (SSSR count). The molecule has 5 aromatic rings. The molecular weight excluding hydrogens is 483 g/mol. The summed E-state index contributed by atoms with van der Waals surface area (Å²) in [5, 5.41) is 12.9. The zero-order valence-corrected chi connectivity index (χ0v) is 20.6. The van der Waals surface area contributed by atoms with Crippen LogP contribution in [0.3, 0.4) is 0 Å². The number of aromatic nitrogens is 6. The fourth-order valence-corrected chi connectivity index (χ4v) is 3.41. The average Bonchev–Trinajstić information content (AvgIpc) is 3.57. The quantitative estimate of drug-likeness (QED) is 0.363. The predicted molar refractivity (Wildman–Crippen MR) is 136 cm³/mol. The van der Waals surface area contributed by atoms with E-state index in [2.05, 4.69) is 15.3 Å². The topological polar surface area (TPSA) is 96.8 Å². The van der Waals surface area contributed by atoms with Crippen LogP contribution in [-0.2, 0) is 10.8 Å². The van der Waals surface area contributed by atoms with Crippen molar-refractivity contribution in [2.45, 2.75) is 0 Å². The maximum absolute atomic E-state index is 15.0. The number of rotatable bonds is 5. The number of halogens is 1. The highest BCUT2D eigenvalue weighted by Crippen LogP contribution is 2.22. The normalized spacial score (nSPS) is 10.7. The first-order valence-corrected chi connectivity index (χ1v) is 12.7. The number of ether oxygens (including phenoxy) is 1. The largest absolute Gasteiger partial charge is 0.491 e. The van der Waals surface area contributed by atoms with Crippen molar-refractivity contribution in [3.8, 4) is 34.2 Å². The van der Waals surface area contributed by atoms with Crippen LogP contribution in [0.5, 0.6) is 5.75 Å². The summed E-state index contributed by atoms with van der Waals surface area (Å²) >= 11 is 0. The van der Waals surface area contributed by atoms with Crippen molar-refractivity contribution in [2.75, 3.05) is 19.6 Å². The van der Waals surface area contributed by atoms with E-state index < -0.39 is 22.0 Å². The van der Waals surface area contributed by atoms with Gasteiger partial charge in [0.25, 0.3) is 5.43 Å². The average molecular weight is 507 g/mol. The van der Waals surface area contributed by atoms with Crippen molar-refractivity contribution in [2.24, 2.45) is 0 Å². The van der Waals surface area contributed by atoms with E-state index in [4.69, 9.17) is 4.74 Å². The molecule has 0 aliphatic heterocycles. The van der Waals surface area contributed by atoms with Crippen LogP contribution < -0.4 is 10.2 Å². The Morgan fingerprint density at radius 3 is 2.31 bits per heavy atom. The van der Waals surface area contributed by atoms with Gasteiger partial charge in [-0.25, -0.2) is 18.4 Å². The van der Waals surface area contributed by atoms with E-state index in [9.17, 15) is 9.00 Å². The fourth-order valence-electron chi connectivity index (χ4n) is 3.41. The van der Waals surface area contributed by atoms with Crippen LogP contribution >= 0.6 is 0 Å². The van der Waals surface area contributed by atoms with Crippen LogP contribution in [0.25, 0.3) is 28.5 Å². The maximum atomic E-state index is 15.0. The van der Waals surface area contributed by atoms with Crippen molar-refractivity contribution in [1.82, 2.24) is 29.3 Å². The molecule has 0 fully saturated rings. The van der Waals surface area contributed by atoms with Gasteiger partial charge in [0.1, 0.15) is 5.69 Å². The highest BCUT2D eigenvalue weighted by Gasteiger charge is 2.19. The smallest absolute Gasteiger partial charge is 0.251 e. The summed E-state index contributed by atoms with van der Waals surface area (Å²) in [5.41, 5.74) is 1.61. The van der Waals surface area contributed by atoms with Crippen molar-refractivity contribution < 1.29 is 13.3 Å². The molecule has 0 atom stereocenters. The number of nitrogens with zero attached hydrogens (tertiary/aromatic N) is 6. The number of hydrogen-bond acceptors (Lipinski definition) is 6. The van der Waals surface area contributed by atoms with Crippen LogP contribution in [0.2, 0.25) is 0 Å². The SMILES string of the molecule is COc1cn(-c2ccc(-n3cccn3)cc2F)nc(-c2ccnn2-c2ccccc2)c1=O.CS(C)=O. The summed E-state index contributed by atoms with van der Waals surface area (Å²) < 4.78 is 34.3. The van der Waals surface area contributed by atoms with E-state index in [0.29, 0.717) is 11.4 Å². The number of hydrogen-bond donors (Lipinski definition) is 0. The fraction of sp³-hybridized carbons (Fsp3) is 0.120. The maximum Gasteiger partial charge on any atom is 0.251 e. The van der Waals surface area contributed by atoms with Gasteiger partial charge in [-0.15, -0.1) is 0 Å². The Bertz CT molecular complexity index is 1540. The van der Waals surface area contributed by atoms with Crippen molar-refractivity contribution >= 4 is 10.8 Å². The molecule has 0 aliphatic rings. The van der Waals surface area contributed by atoms with Crippen LogP contribution in [0.15, 0.2) is 90.2 Å². The summed E-state index contributed by atoms with van der Waals surface area (Å²) in [6, 6.07) is 17.4. The molecule has 0 amide bonds. The third kappa shape index (κ3) is 5.31. The Balaban J connectivity index is 0.000000709. The molecule has 0 saturated heterocycles. The second-order valence-corrected chi connectivity index (χ2v) is 9.09. The molecular formula is C25H23FN6O3S. The van der Waals surface area contributed by atoms with Gasteiger partial charge in [-0.1, -0.05) is 18.2 Å². The summed E-state index contributed by atoms with van der Waals surface area (Å²) in [6.07, 6.45) is 9.55. The molecule has 11 heteroatoms. The second-order valence-electron chi connectivity index (χ2n) is 7.61. The minimum atomic E-state index is -0.611. The Morgan fingerprint density at radius 2 is 1.67 bits per heavy atom. The zero-order valence-electron chi connectivity index (χ0n) is 19.8. The van der Waals surface area contributed by atoms with Crippen LogP contribution in [-0.4, -0.2) is 53.2 Å². The molecule has 0 radical (unpaired) electrons. The van der Waals surface area contributed by atoms with E-state index in [1.54, 1.807) is 64.7 Å². The number of methoxy groups -OCH3 is 1. The molecule has 3 aromatic heterocycles. The molecule has 9 nitrogen and oxygen atoms in total. The minimum Gasteiger partial charge on any atom is -0.491 e. The predicted octanol–water partition coefficient (Wildman–Crippen LogP) is 3.41. The molecule has 3 heterocycles. The summed E-state index contributed by atoms with van der Waals surface area (Å²) in [6.45, 7) is 0. The summed E-state index contributed by atoms with van der Waals surface area (Å²) in [4.78, 5) is 13.0. The van der Waals surface area contributed by atoms with Crippen molar-refractivity contribution in [3.63, 3.8) is 0 Å². The lowest BCUT2D eigenvalue weighted by Crippen LogP contribution is -2.18. The highest BCUT2D eigenvalue weighted by molar-refractivity contribution is 7.83. The summed E-state index contributed by atoms with van der Waals surface area (Å²) in [7, 11) is 0.774. The van der Waals surface area contributed by atoms with Crippen molar-refractivity contribution in [3.05, 3.63) is 101 Å². The van der Waals surface area contributed by atoms with E-state index in [-0.39, 0.29) is 17.1 Å². The monoisotopic (exact) mass is 506 g/mol. The molecule has 0 aliphatic carbocycles. The van der Waals surface area contributed by atoms with Crippen molar-refractivity contribution in [1.29, 1.82) is 0 Å². The molecule has 184 valence electrons. The van der Waals surface area contributed by atoms with Gasteiger partial charge in [-0.05, 0) is 36.4 Å². The van der Waals surface area contributed by atoms with Crippen LogP contribution in [0.1, 0.15) is 0 Å². The second kappa shape index (κ2) is 10.9. The first-order chi connectivity index (χ1) is 17.4. The van der Waals surface area contributed by atoms with Crippen LogP contribution in [0.4, 0.5) is 4.39 Å². The van der Waals surface area contributed by atoms with E-state index in [1.165, 1.54) is 24.1 Å². The third-order valence-electron chi connectivity index (χ3n) is 4.94. The lowest BCUT2D eigenvalue weighted by Gasteiger charge is -2.13. The van der Waals surface area contributed by atoms with E-state index >= 15 is 4.39 Å². The van der Waals surface area contributed by atoms with Gasteiger partial charge in [-0.2, -0.15) is 15.3 Å². The van der Waals surface area contributed by atoms with Gasteiger partial charge in [0.2, 0.25) is 0 Å². The van der Waals surface area contributed by atoms with E-state index in [0.717, 1.165) is 5.69 Å². The number of para-hydroxylation sites is 1. The van der Waals surface area contributed by atoms with Gasteiger partial charge >= 0.3 is 0 Å². The molecule has 36 heavy (non-hydrogen) atoms.